The Bertz CT molecular complexity index is 1330. The van der Waals surface area contributed by atoms with Crippen LogP contribution in [0.4, 0.5) is 23.4 Å². The molecule has 1 fully saturated rings. The number of rotatable bonds is 5. The minimum absolute atomic E-state index is 0.455. The summed E-state index contributed by atoms with van der Waals surface area (Å²) in [4.78, 5) is 13.7. The van der Waals surface area contributed by atoms with Gasteiger partial charge in [0.2, 0.25) is 5.95 Å². The van der Waals surface area contributed by atoms with Crippen molar-refractivity contribution in [3.8, 4) is 0 Å². The van der Waals surface area contributed by atoms with Crippen molar-refractivity contribution in [1.82, 2.24) is 34.8 Å². The number of aromatic amines is 1. The van der Waals surface area contributed by atoms with Gasteiger partial charge in [0.25, 0.3) is 0 Å². The molecule has 142 valence electrons. The molecule has 6 rings (SSSR count). The Balaban J connectivity index is 1.39. The highest BCUT2D eigenvalue weighted by atomic mass is 15.3. The van der Waals surface area contributed by atoms with Crippen LogP contribution in [0.25, 0.3) is 16.6 Å². The van der Waals surface area contributed by atoms with Crippen molar-refractivity contribution in [3.63, 3.8) is 0 Å². The van der Waals surface area contributed by atoms with E-state index in [0.29, 0.717) is 23.5 Å². The molecule has 0 aliphatic heterocycles. The topological polar surface area (TPSA) is 109 Å². The third-order valence-corrected chi connectivity index (χ3v) is 4.98. The Morgan fingerprint density at radius 3 is 2.90 bits per heavy atom. The van der Waals surface area contributed by atoms with Crippen LogP contribution in [0.5, 0.6) is 0 Å². The molecule has 1 saturated carbocycles. The first-order valence-corrected chi connectivity index (χ1v) is 9.48. The van der Waals surface area contributed by atoms with Crippen LogP contribution in [-0.2, 0) is 0 Å². The fourth-order valence-electron chi connectivity index (χ4n) is 3.38. The van der Waals surface area contributed by atoms with Gasteiger partial charge in [-0.25, -0.2) is 9.97 Å². The van der Waals surface area contributed by atoms with Crippen molar-refractivity contribution in [2.75, 3.05) is 10.6 Å². The first kappa shape index (κ1) is 16.0. The molecule has 0 unspecified atom stereocenters. The molecule has 0 spiro atoms. The van der Waals surface area contributed by atoms with E-state index in [-0.39, 0.29) is 0 Å². The summed E-state index contributed by atoms with van der Waals surface area (Å²) in [5.74, 6) is 3.20. The predicted octanol–water partition coefficient (Wildman–Crippen LogP) is 3.76. The van der Waals surface area contributed by atoms with Gasteiger partial charge in [-0.05, 0) is 37.1 Å². The summed E-state index contributed by atoms with van der Waals surface area (Å²) in [5.41, 5.74) is 2.74. The van der Waals surface area contributed by atoms with E-state index in [9.17, 15) is 0 Å². The lowest BCUT2D eigenvalue weighted by Crippen LogP contribution is -2.04. The maximum absolute atomic E-state index is 4.69. The van der Waals surface area contributed by atoms with Crippen molar-refractivity contribution in [2.24, 2.45) is 0 Å². The molecule has 0 radical (unpaired) electrons. The van der Waals surface area contributed by atoms with Gasteiger partial charge in [0, 0.05) is 29.3 Å². The molecule has 9 heteroatoms. The Morgan fingerprint density at radius 2 is 1.97 bits per heavy atom. The molecule has 0 amide bonds. The first-order valence-electron chi connectivity index (χ1n) is 9.48. The average Bonchev–Trinajstić information content (AvgIpc) is 3.37. The van der Waals surface area contributed by atoms with Gasteiger partial charge in [-0.1, -0.05) is 12.1 Å². The molecule has 1 aliphatic rings. The van der Waals surface area contributed by atoms with E-state index in [2.05, 4.69) is 42.0 Å². The minimum atomic E-state index is 0.455. The number of anilines is 4. The molecule has 1 aromatic carbocycles. The normalized spacial score (nSPS) is 13.8. The van der Waals surface area contributed by atoms with Crippen LogP contribution in [0.15, 0.2) is 54.9 Å². The van der Waals surface area contributed by atoms with E-state index in [0.717, 1.165) is 22.4 Å². The maximum atomic E-state index is 4.69. The van der Waals surface area contributed by atoms with Crippen molar-refractivity contribution in [3.05, 3.63) is 60.6 Å². The Labute approximate surface area is 165 Å². The van der Waals surface area contributed by atoms with E-state index in [1.54, 1.807) is 16.9 Å². The van der Waals surface area contributed by atoms with Crippen molar-refractivity contribution < 1.29 is 0 Å². The van der Waals surface area contributed by atoms with Gasteiger partial charge in [-0.15, -0.1) is 0 Å². The van der Waals surface area contributed by atoms with Gasteiger partial charge < -0.3 is 10.6 Å². The molecule has 0 atom stereocenters. The second-order valence-corrected chi connectivity index (χ2v) is 7.08. The summed E-state index contributed by atoms with van der Waals surface area (Å²) in [6.07, 6.45) is 5.87. The van der Waals surface area contributed by atoms with Crippen molar-refractivity contribution in [2.45, 2.75) is 18.8 Å². The van der Waals surface area contributed by atoms with E-state index in [1.807, 2.05) is 36.4 Å². The lowest BCUT2D eigenvalue weighted by atomic mass is 10.2. The number of hydrogen-bond donors (Lipinski definition) is 3. The quantitative estimate of drug-likeness (QED) is 0.424. The average molecular weight is 383 g/mol. The van der Waals surface area contributed by atoms with Crippen LogP contribution < -0.4 is 10.6 Å². The lowest BCUT2D eigenvalue weighted by Gasteiger charge is -2.10. The second kappa shape index (κ2) is 6.26. The minimum Gasteiger partial charge on any atom is -0.323 e. The molecule has 4 aromatic heterocycles. The molecule has 0 bridgehead atoms. The molecule has 9 nitrogen and oxygen atoms in total. The molecule has 1 aliphatic carbocycles. The van der Waals surface area contributed by atoms with Gasteiger partial charge in [-0.2, -0.15) is 19.7 Å². The summed E-state index contributed by atoms with van der Waals surface area (Å²) in [5, 5.41) is 19.3. The van der Waals surface area contributed by atoms with Gasteiger partial charge in [0.1, 0.15) is 5.82 Å². The highest BCUT2D eigenvalue weighted by molar-refractivity contribution is 5.91. The largest absolute Gasteiger partial charge is 0.323 e. The zero-order chi connectivity index (χ0) is 19.2. The monoisotopic (exact) mass is 383 g/mol. The number of H-pyrrole nitrogens is 1. The van der Waals surface area contributed by atoms with Crippen LogP contribution in [0.3, 0.4) is 0 Å². The number of aromatic nitrogens is 7. The van der Waals surface area contributed by atoms with Gasteiger partial charge in [0.05, 0.1) is 11.7 Å². The summed E-state index contributed by atoms with van der Waals surface area (Å²) >= 11 is 0. The number of hydrogen-bond acceptors (Lipinski definition) is 7. The molecule has 29 heavy (non-hydrogen) atoms. The van der Waals surface area contributed by atoms with E-state index >= 15 is 0 Å². The number of benzene rings is 1. The number of imidazole rings is 1. The fourth-order valence-corrected chi connectivity index (χ4v) is 3.38. The standard InChI is InChI=1S/C20H17N9/c1-2-5-14-13(4-1)19(24-16-10-15(27-28-16)12-7-8-12)26-20(23-14)25-18-11-21-17-6-3-9-22-29(17)18/h1-6,9-12H,7-8H2,(H3,23,24,25,26,27,28). The van der Waals surface area contributed by atoms with Crippen molar-refractivity contribution >= 4 is 40.0 Å². The van der Waals surface area contributed by atoms with Gasteiger partial charge >= 0.3 is 0 Å². The summed E-state index contributed by atoms with van der Waals surface area (Å²) < 4.78 is 1.71. The Hall–Kier alpha value is -4.01. The number of fused-ring (bicyclic) bond motifs is 2. The predicted molar refractivity (Wildman–Crippen MR) is 110 cm³/mol. The molecule has 3 N–H and O–H groups in total. The fraction of sp³-hybridized carbons (Fsp3) is 0.150. The van der Waals surface area contributed by atoms with Crippen LogP contribution in [0.1, 0.15) is 24.5 Å². The highest BCUT2D eigenvalue weighted by Gasteiger charge is 2.25. The third kappa shape index (κ3) is 2.92. The second-order valence-electron chi connectivity index (χ2n) is 7.08. The molecule has 5 aromatic rings. The van der Waals surface area contributed by atoms with Crippen LogP contribution in [0.2, 0.25) is 0 Å². The highest BCUT2D eigenvalue weighted by Crippen LogP contribution is 2.39. The molecular formula is C20H17N9. The van der Waals surface area contributed by atoms with Crippen LogP contribution in [-0.4, -0.2) is 34.8 Å². The number of para-hydroxylation sites is 1. The Morgan fingerprint density at radius 1 is 1.03 bits per heavy atom. The summed E-state index contributed by atoms with van der Waals surface area (Å²) in [6, 6.07) is 13.7. The maximum Gasteiger partial charge on any atom is 0.230 e. The summed E-state index contributed by atoms with van der Waals surface area (Å²) in [7, 11) is 0. The molecule has 4 heterocycles. The van der Waals surface area contributed by atoms with E-state index < -0.39 is 0 Å². The zero-order valence-electron chi connectivity index (χ0n) is 15.4. The summed E-state index contributed by atoms with van der Waals surface area (Å²) in [6.45, 7) is 0. The first-order chi connectivity index (χ1) is 14.3. The molecule has 0 saturated heterocycles. The molecular weight excluding hydrogens is 366 g/mol. The SMILES string of the molecule is c1ccc2c(Nc3cc(C4CC4)[nH]n3)nc(Nc3cnc4cccnn34)nc2c1. The number of nitrogens with one attached hydrogen (secondary N) is 3. The smallest absolute Gasteiger partial charge is 0.230 e. The van der Waals surface area contributed by atoms with Crippen LogP contribution >= 0.6 is 0 Å². The van der Waals surface area contributed by atoms with Gasteiger partial charge in [0.15, 0.2) is 17.3 Å². The van der Waals surface area contributed by atoms with E-state index in [1.165, 1.54) is 18.5 Å². The Kier molecular flexibility index (Phi) is 3.45. The third-order valence-electron chi connectivity index (χ3n) is 4.98. The number of nitrogens with zero attached hydrogens (tertiary/aromatic N) is 6. The van der Waals surface area contributed by atoms with Gasteiger partial charge in [-0.3, -0.25) is 5.10 Å². The lowest BCUT2D eigenvalue weighted by molar-refractivity contribution is 0.939. The van der Waals surface area contributed by atoms with Crippen molar-refractivity contribution in [1.29, 1.82) is 0 Å². The van der Waals surface area contributed by atoms with Crippen LogP contribution in [0, 0.1) is 0 Å². The zero-order valence-corrected chi connectivity index (χ0v) is 15.4. The van der Waals surface area contributed by atoms with E-state index in [4.69, 9.17) is 4.98 Å².